The van der Waals surface area contributed by atoms with Gasteiger partial charge in [-0.15, -0.1) is 0 Å². The van der Waals surface area contributed by atoms with Crippen LogP contribution in [0, 0.1) is 0 Å². The van der Waals surface area contributed by atoms with E-state index < -0.39 is 0 Å². The van der Waals surface area contributed by atoms with Crippen LogP contribution >= 0.6 is 0 Å². The molecule has 5 nitrogen and oxygen atoms in total. The molecule has 0 bridgehead atoms. The molecule has 0 aliphatic carbocycles. The number of anilines is 1. The lowest BCUT2D eigenvalue weighted by Crippen LogP contribution is -2.28. The molecule has 0 aliphatic rings. The van der Waals surface area contributed by atoms with Crippen LogP contribution < -0.4 is 11.1 Å². The largest absolute Gasteiger partial charge is 0.359 e. The monoisotopic (exact) mass is 359 g/mol. The molecule has 3 rings (SSSR count). The molecule has 0 saturated carbocycles. The number of aromatic nitrogens is 2. The Kier molecular flexibility index (Phi) is 5.84. The van der Waals surface area contributed by atoms with Gasteiger partial charge in [0.05, 0.1) is 28.3 Å². The van der Waals surface area contributed by atoms with Crippen molar-refractivity contribution < 1.29 is 0 Å². The van der Waals surface area contributed by atoms with Gasteiger partial charge in [0.25, 0.3) is 0 Å². The Morgan fingerprint density at radius 2 is 2.04 bits per heavy atom. The molecule has 5 heteroatoms. The van der Waals surface area contributed by atoms with Crippen molar-refractivity contribution in [1.29, 1.82) is 0 Å². The summed E-state index contributed by atoms with van der Waals surface area (Å²) < 4.78 is 0. The highest BCUT2D eigenvalue weighted by atomic mass is 15.0. The molecule has 2 aromatic heterocycles. The number of H-pyrrole nitrogens is 1. The van der Waals surface area contributed by atoms with Gasteiger partial charge in [-0.25, -0.2) is 4.99 Å². The number of nitrogens with one attached hydrogen (secondary N) is 2. The lowest BCUT2D eigenvalue weighted by Gasteiger charge is -2.16. The van der Waals surface area contributed by atoms with Gasteiger partial charge in [0, 0.05) is 35.6 Å². The van der Waals surface area contributed by atoms with E-state index in [9.17, 15) is 0 Å². The van der Waals surface area contributed by atoms with Crippen molar-refractivity contribution >= 4 is 22.3 Å². The van der Waals surface area contributed by atoms with Gasteiger partial charge >= 0.3 is 0 Å². The zero-order valence-corrected chi connectivity index (χ0v) is 15.9. The van der Waals surface area contributed by atoms with Crippen molar-refractivity contribution in [3.63, 3.8) is 0 Å². The topological polar surface area (TPSA) is 79.1 Å². The predicted molar refractivity (Wildman–Crippen MR) is 114 cm³/mol. The second-order valence-electron chi connectivity index (χ2n) is 6.28. The summed E-state index contributed by atoms with van der Waals surface area (Å²) in [6, 6.07) is 11.9. The number of pyridine rings is 1. The second-order valence-corrected chi connectivity index (χ2v) is 6.28. The maximum Gasteiger partial charge on any atom is 0.0822 e. The van der Waals surface area contributed by atoms with Gasteiger partial charge in [0.2, 0.25) is 0 Å². The first-order valence-electron chi connectivity index (χ1n) is 9.04. The van der Waals surface area contributed by atoms with E-state index >= 15 is 0 Å². The molecule has 1 unspecified atom stereocenters. The van der Waals surface area contributed by atoms with Gasteiger partial charge < -0.3 is 16.0 Å². The maximum atomic E-state index is 6.20. The van der Waals surface area contributed by atoms with Gasteiger partial charge in [-0.2, -0.15) is 0 Å². The van der Waals surface area contributed by atoms with Gasteiger partial charge in [0.1, 0.15) is 0 Å². The van der Waals surface area contributed by atoms with Crippen LogP contribution in [0.25, 0.3) is 10.9 Å². The molecule has 0 fully saturated rings. The number of aromatic amines is 1. The molecule has 1 atom stereocenters. The summed E-state index contributed by atoms with van der Waals surface area (Å²) in [5, 5.41) is 4.66. The van der Waals surface area contributed by atoms with Crippen LogP contribution in [0.15, 0.2) is 83.5 Å². The van der Waals surface area contributed by atoms with E-state index in [2.05, 4.69) is 27.4 Å². The highest BCUT2D eigenvalue weighted by molar-refractivity contribution is 6.04. The Morgan fingerprint density at radius 3 is 2.70 bits per heavy atom. The number of benzene rings is 1. The molecule has 0 saturated heterocycles. The van der Waals surface area contributed by atoms with Crippen LogP contribution in [0.4, 0.5) is 5.69 Å². The zero-order valence-electron chi connectivity index (χ0n) is 15.9. The van der Waals surface area contributed by atoms with Crippen LogP contribution in [-0.4, -0.2) is 21.7 Å². The van der Waals surface area contributed by atoms with Crippen molar-refractivity contribution in [2.75, 3.05) is 5.32 Å². The average molecular weight is 359 g/mol. The van der Waals surface area contributed by atoms with Gasteiger partial charge in [-0.3, -0.25) is 4.98 Å². The van der Waals surface area contributed by atoms with Gasteiger partial charge in [-0.1, -0.05) is 30.4 Å². The third kappa shape index (κ3) is 4.15. The van der Waals surface area contributed by atoms with E-state index in [1.54, 1.807) is 12.4 Å². The highest BCUT2D eigenvalue weighted by Gasteiger charge is 2.13. The lowest BCUT2D eigenvalue weighted by molar-refractivity contribution is 0.966. The van der Waals surface area contributed by atoms with Gasteiger partial charge in [0.15, 0.2) is 0 Å². The summed E-state index contributed by atoms with van der Waals surface area (Å²) in [5.41, 5.74) is 11.7. The van der Waals surface area contributed by atoms with E-state index in [1.165, 1.54) is 0 Å². The molecule has 0 aliphatic heterocycles. The maximum absolute atomic E-state index is 6.20. The minimum absolute atomic E-state index is 0.214. The molecule has 0 radical (unpaired) electrons. The number of fused-ring (bicyclic) bond motifs is 1. The molecule has 0 amide bonds. The quantitative estimate of drug-likeness (QED) is 0.444. The smallest absolute Gasteiger partial charge is 0.0822 e. The first kappa shape index (κ1) is 18.6. The Bertz CT molecular complexity index is 994. The molecule has 1 aromatic carbocycles. The fourth-order valence-corrected chi connectivity index (χ4v) is 2.97. The first-order chi connectivity index (χ1) is 13.1. The third-order valence-electron chi connectivity index (χ3n) is 4.32. The van der Waals surface area contributed by atoms with Crippen molar-refractivity contribution in [2.45, 2.75) is 26.8 Å². The molecule has 3 aromatic rings. The van der Waals surface area contributed by atoms with Crippen LogP contribution in [0.5, 0.6) is 0 Å². The van der Waals surface area contributed by atoms with E-state index in [4.69, 9.17) is 10.7 Å². The minimum Gasteiger partial charge on any atom is -0.359 e. The first-order valence-corrected chi connectivity index (χ1v) is 9.04. The zero-order chi connectivity index (χ0) is 19.2. The lowest BCUT2D eigenvalue weighted by atomic mass is 10.1. The molecule has 0 spiro atoms. The van der Waals surface area contributed by atoms with Crippen molar-refractivity contribution in [2.24, 2.45) is 10.7 Å². The fourth-order valence-electron chi connectivity index (χ4n) is 2.97. The summed E-state index contributed by atoms with van der Waals surface area (Å²) in [7, 11) is 0. The summed E-state index contributed by atoms with van der Waals surface area (Å²) >= 11 is 0. The normalized spacial score (nSPS) is 14.4. The van der Waals surface area contributed by atoms with Crippen LogP contribution in [0.3, 0.4) is 0 Å². The minimum atomic E-state index is -0.214. The molecule has 27 heavy (non-hydrogen) atoms. The summed E-state index contributed by atoms with van der Waals surface area (Å²) in [4.78, 5) is 12.3. The Morgan fingerprint density at radius 1 is 1.19 bits per heavy atom. The number of hydrogen-bond acceptors (Lipinski definition) is 4. The van der Waals surface area contributed by atoms with E-state index in [1.807, 2.05) is 63.4 Å². The number of aliphatic imine (C=N–C) groups is 1. The van der Waals surface area contributed by atoms with Gasteiger partial charge in [-0.05, 0) is 39.0 Å². The van der Waals surface area contributed by atoms with Crippen LogP contribution in [0.1, 0.15) is 26.3 Å². The summed E-state index contributed by atoms with van der Waals surface area (Å²) in [6.07, 6.45) is 9.47. The van der Waals surface area contributed by atoms with Crippen LogP contribution in [0.2, 0.25) is 0 Å². The van der Waals surface area contributed by atoms with Crippen LogP contribution in [-0.2, 0) is 0 Å². The second kappa shape index (κ2) is 8.47. The van der Waals surface area contributed by atoms with E-state index in [0.717, 1.165) is 39.3 Å². The third-order valence-corrected chi connectivity index (χ3v) is 4.32. The SMILES string of the molecule is C/C=C(\N=C(\c1cccnc1)C(C)N)C(=C\C)/Nc1cccc2cc[nH]c12. The molecular weight excluding hydrogens is 334 g/mol. The predicted octanol–water partition coefficient (Wildman–Crippen LogP) is 4.62. The number of nitrogens with two attached hydrogens (primary N) is 1. The Balaban J connectivity index is 1.96. The molecule has 2 heterocycles. The Hall–Kier alpha value is -3.18. The average Bonchev–Trinajstić information content (AvgIpc) is 3.17. The standard InChI is InChI=1S/C22H25N5/c1-4-18(26-20-10-6-8-16-11-13-25-22(16)20)19(5-2)27-21(15(3)23)17-9-7-12-24-14-17/h4-15,25-26H,23H2,1-3H3/b18-4+,19-5-,27-21+. The summed E-state index contributed by atoms with van der Waals surface area (Å²) in [5.74, 6) is 0. The molecule has 138 valence electrons. The number of rotatable bonds is 6. The van der Waals surface area contributed by atoms with Crippen molar-refractivity contribution in [1.82, 2.24) is 9.97 Å². The summed E-state index contributed by atoms with van der Waals surface area (Å²) in [6.45, 7) is 5.90. The van der Waals surface area contributed by atoms with Crippen molar-refractivity contribution in [3.05, 3.63) is 84.1 Å². The highest BCUT2D eigenvalue weighted by Crippen LogP contribution is 2.25. The molecule has 4 N–H and O–H groups in total. The number of nitrogens with zero attached hydrogens (tertiary/aromatic N) is 2. The van der Waals surface area contributed by atoms with E-state index in [0.29, 0.717) is 0 Å². The van der Waals surface area contributed by atoms with E-state index in [-0.39, 0.29) is 6.04 Å². The van der Waals surface area contributed by atoms with Crippen molar-refractivity contribution in [3.8, 4) is 0 Å². The number of para-hydroxylation sites is 1. The number of hydrogen-bond donors (Lipinski definition) is 3. The number of allylic oxidation sites excluding steroid dienone is 2. The molecular formula is C22H25N5. The Labute approximate surface area is 159 Å². The fraction of sp³-hybridized carbons (Fsp3) is 0.182.